The maximum absolute atomic E-state index is 13.3. The second kappa shape index (κ2) is 9.30. The summed E-state index contributed by atoms with van der Waals surface area (Å²) in [7, 11) is -2.82. The van der Waals surface area contributed by atoms with Crippen LogP contribution in [0.4, 0.5) is 11.6 Å². The van der Waals surface area contributed by atoms with Crippen LogP contribution in [0.3, 0.4) is 0 Å². The summed E-state index contributed by atoms with van der Waals surface area (Å²) in [6, 6.07) is 10.7. The molecule has 3 heterocycles. The van der Waals surface area contributed by atoms with E-state index in [-0.39, 0.29) is 33.3 Å². The zero-order valence-electron chi connectivity index (χ0n) is 20.5. The molecule has 0 aliphatic carbocycles. The van der Waals surface area contributed by atoms with Gasteiger partial charge in [-0.1, -0.05) is 6.92 Å². The standard InChI is InChI=1S/C25H29N5O5S/c1-15-13-25(2,3)30(14-15)23-17(24(32)29-36(33,34)21-6-5-11-27-22(21)26)8-9-18(28-23)16-7-10-19(31)20(12-16)35-4/h5-12,15,31H,13-14H2,1-4H3,(H2,26,27)(H,29,32)/t15-/m0/s1. The van der Waals surface area contributed by atoms with Crippen molar-refractivity contribution in [2.45, 2.75) is 37.6 Å². The quantitative estimate of drug-likeness (QED) is 0.454. The third kappa shape index (κ3) is 4.78. The number of hydrogen-bond donors (Lipinski definition) is 3. The Bertz CT molecular complexity index is 1420. The minimum absolute atomic E-state index is 0.00754. The van der Waals surface area contributed by atoms with Crippen molar-refractivity contribution in [3.63, 3.8) is 0 Å². The molecule has 1 aliphatic heterocycles. The van der Waals surface area contributed by atoms with E-state index in [1.165, 1.54) is 31.5 Å². The van der Waals surface area contributed by atoms with Gasteiger partial charge in [-0.2, -0.15) is 0 Å². The van der Waals surface area contributed by atoms with Crippen molar-refractivity contribution in [3.8, 4) is 22.8 Å². The van der Waals surface area contributed by atoms with Crippen molar-refractivity contribution in [2.75, 3.05) is 24.3 Å². The summed E-state index contributed by atoms with van der Waals surface area (Å²) in [5.41, 5.74) is 6.72. The van der Waals surface area contributed by atoms with Crippen LogP contribution in [0.15, 0.2) is 53.6 Å². The lowest BCUT2D eigenvalue weighted by Crippen LogP contribution is -2.41. The first kappa shape index (κ1) is 25.2. The van der Waals surface area contributed by atoms with E-state index in [2.05, 4.69) is 30.5 Å². The number of aromatic hydroxyl groups is 1. The highest BCUT2D eigenvalue weighted by Crippen LogP contribution is 2.39. The van der Waals surface area contributed by atoms with Crippen LogP contribution in [0.5, 0.6) is 11.5 Å². The number of carbonyl (C=O) groups is 1. The molecule has 3 aromatic rings. The van der Waals surface area contributed by atoms with Crippen LogP contribution < -0.4 is 20.1 Å². The summed E-state index contributed by atoms with van der Waals surface area (Å²) >= 11 is 0. The van der Waals surface area contributed by atoms with Crippen LogP contribution in [0.2, 0.25) is 0 Å². The number of nitrogens with zero attached hydrogens (tertiary/aromatic N) is 3. The number of carbonyl (C=O) groups excluding carboxylic acids is 1. The molecule has 0 bridgehead atoms. The number of aromatic nitrogens is 2. The summed E-state index contributed by atoms with van der Waals surface area (Å²) in [5.74, 6) is -0.0529. The SMILES string of the molecule is COc1cc(-c2ccc(C(=O)NS(=O)(=O)c3cccnc3N)c(N3C[C@@H](C)CC3(C)C)n2)ccc1O. The molecule has 1 fully saturated rings. The van der Waals surface area contributed by atoms with Gasteiger partial charge < -0.3 is 20.5 Å². The Morgan fingerprint density at radius 3 is 2.64 bits per heavy atom. The first-order valence-corrected chi connectivity index (χ1v) is 12.8. The molecule has 2 aromatic heterocycles. The van der Waals surface area contributed by atoms with E-state index in [0.29, 0.717) is 29.5 Å². The van der Waals surface area contributed by atoms with Crippen LogP contribution in [0.1, 0.15) is 37.6 Å². The van der Waals surface area contributed by atoms with Crippen LogP contribution in [0, 0.1) is 5.92 Å². The number of sulfonamides is 1. The molecule has 4 rings (SSSR count). The Morgan fingerprint density at radius 2 is 2.00 bits per heavy atom. The average Bonchev–Trinajstić information content (AvgIpc) is 3.10. The van der Waals surface area contributed by atoms with Gasteiger partial charge in [0.15, 0.2) is 11.5 Å². The highest BCUT2D eigenvalue weighted by molar-refractivity contribution is 7.90. The Hall–Kier alpha value is -3.86. The van der Waals surface area contributed by atoms with Crippen LogP contribution >= 0.6 is 0 Å². The molecule has 1 amide bonds. The van der Waals surface area contributed by atoms with Gasteiger partial charge in [-0.3, -0.25) is 4.79 Å². The van der Waals surface area contributed by atoms with E-state index >= 15 is 0 Å². The summed E-state index contributed by atoms with van der Waals surface area (Å²) < 4.78 is 33.2. The summed E-state index contributed by atoms with van der Waals surface area (Å²) in [6.45, 7) is 6.88. The lowest BCUT2D eigenvalue weighted by molar-refractivity contribution is 0.0981. The van der Waals surface area contributed by atoms with Gasteiger partial charge >= 0.3 is 0 Å². The number of benzene rings is 1. The molecule has 1 saturated heterocycles. The molecule has 1 aromatic carbocycles. The fraction of sp³-hybridized carbons (Fsp3) is 0.320. The van der Waals surface area contributed by atoms with Crippen molar-refractivity contribution < 1.29 is 23.1 Å². The summed E-state index contributed by atoms with van der Waals surface area (Å²) in [5, 5.41) is 9.97. The molecular weight excluding hydrogens is 482 g/mol. The highest BCUT2D eigenvalue weighted by Gasteiger charge is 2.39. The number of nitrogen functional groups attached to an aromatic ring is 1. The molecule has 36 heavy (non-hydrogen) atoms. The number of amides is 1. The number of phenols is 1. The Kier molecular flexibility index (Phi) is 6.52. The molecule has 0 spiro atoms. The fourth-order valence-corrected chi connectivity index (χ4v) is 5.70. The minimum atomic E-state index is -4.27. The maximum Gasteiger partial charge on any atom is 0.268 e. The summed E-state index contributed by atoms with van der Waals surface area (Å²) in [4.78, 5) is 23.7. The zero-order valence-corrected chi connectivity index (χ0v) is 21.3. The van der Waals surface area contributed by atoms with Crippen molar-refractivity contribution in [3.05, 3.63) is 54.2 Å². The number of hydrogen-bond acceptors (Lipinski definition) is 9. The molecule has 190 valence electrons. The largest absolute Gasteiger partial charge is 0.504 e. The van der Waals surface area contributed by atoms with Crippen molar-refractivity contribution in [2.24, 2.45) is 5.92 Å². The minimum Gasteiger partial charge on any atom is -0.504 e. The highest BCUT2D eigenvalue weighted by atomic mass is 32.2. The topological polar surface area (TPSA) is 148 Å². The van der Waals surface area contributed by atoms with E-state index in [0.717, 1.165) is 6.42 Å². The molecule has 0 unspecified atom stereocenters. The second-order valence-corrected chi connectivity index (χ2v) is 11.2. The average molecular weight is 512 g/mol. The molecule has 10 nitrogen and oxygen atoms in total. The third-order valence-corrected chi connectivity index (χ3v) is 7.62. The monoisotopic (exact) mass is 511 g/mol. The molecular formula is C25H29N5O5S. The van der Waals surface area contributed by atoms with Gasteiger partial charge in [-0.15, -0.1) is 0 Å². The third-order valence-electron chi connectivity index (χ3n) is 6.24. The number of rotatable bonds is 6. The number of nitrogens with two attached hydrogens (primary N) is 1. The van der Waals surface area contributed by atoms with E-state index in [4.69, 9.17) is 15.5 Å². The van der Waals surface area contributed by atoms with Crippen LogP contribution in [0.25, 0.3) is 11.3 Å². The van der Waals surface area contributed by atoms with E-state index in [1.54, 1.807) is 24.3 Å². The van der Waals surface area contributed by atoms with Crippen LogP contribution in [-0.2, 0) is 10.0 Å². The lowest BCUT2D eigenvalue weighted by atomic mass is 9.97. The van der Waals surface area contributed by atoms with Crippen molar-refractivity contribution in [1.82, 2.24) is 14.7 Å². The second-order valence-electron chi connectivity index (χ2n) is 9.51. The van der Waals surface area contributed by atoms with Gasteiger partial charge in [0.1, 0.15) is 16.5 Å². The number of nitrogens with one attached hydrogen (secondary N) is 1. The van der Waals surface area contributed by atoms with Crippen LogP contribution in [-0.4, -0.2) is 48.6 Å². The fourth-order valence-electron chi connectivity index (χ4n) is 4.65. The predicted octanol–water partition coefficient (Wildman–Crippen LogP) is 3.18. The molecule has 11 heteroatoms. The molecule has 0 saturated carbocycles. The number of methoxy groups -OCH3 is 1. The molecule has 1 atom stereocenters. The van der Waals surface area contributed by atoms with Gasteiger partial charge in [0.2, 0.25) is 0 Å². The first-order chi connectivity index (χ1) is 16.9. The van der Waals surface area contributed by atoms with E-state index in [1.807, 2.05) is 4.90 Å². The summed E-state index contributed by atoms with van der Waals surface area (Å²) in [6.07, 6.45) is 2.24. The van der Waals surface area contributed by atoms with Gasteiger partial charge in [-0.25, -0.2) is 23.1 Å². The Morgan fingerprint density at radius 1 is 1.25 bits per heavy atom. The van der Waals surface area contributed by atoms with Crippen molar-refractivity contribution >= 4 is 27.6 Å². The van der Waals surface area contributed by atoms with E-state index < -0.39 is 15.9 Å². The normalized spacial score (nSPS) is 17.1. The molecule has 1 aliphatic rings. The number of ether oxygens (including phenoxy) is 1. The zero-order chi connectivity index (χ0) is 26.3. The predicted molar refractivity (Wildman–Crippen MR) is 136 cm³/mol. The van der Waals surface area contributed by atoms with Gasteiger partial charge in [0, 0.05) is 23.8 Å². The Balaban J connectivity index is 1.80. The molecule has 4 N–H and O–H groups in total. The van der Waals surface area contributed by atoms with Gasteiger partial charge in [0.05, 0.1) is 18.4 Å². The lowest BCUT2D eigenvalue weighted by Gasteiger charge is -2.34. The number of phenolic OH excluding ortho intramolecular Hbond substituents is 1. The smallest absolute Gasteiger partial charge is 0.268 e. The molecule has 0 radical (unpaired) electrons. The van der Waals surface area contributed by atoms with Crippen molar-refractivity contribution in [1.29, 1.82) is 0 Å². The number of pyridine rings is 2. The Labute approximate surface area is 210 Å². The maximum atomic E-state index is 13.3. The van der Waals surface area contributed by atoms with E-state index in [9.17, 15) is 18.3 Å². The van der Waals surface area contributed by atoms with Gasteiger partial charge in [-0.05, 0) is 68.7 Å². The van der Waals surface area contributed by atoms with Gasteiger partial charge in [0.25, 0.3) is 15.9 Å². The number of anilines is 2. The first-order valence-electron chi connectivity index (χ1n) is 11.4.